The molecular formula is C14H23N. The van der Waals surface area contributed by atoms with E-state index < -0.39 is 0 Å². The van der Waals surface area contributed by atoms with Crippen LogP contribution in [0.5, 0.6) is 0 Å². The first-order valence-electron chi connectivity index (χ1n) is 5.89. The second-order valence-electron chi connectivity index (χ2n) is 4.65. The summed E-state index contributed by atoms with van der Waals surface area (Å²) in [5.41, 5.74) is 9.82. The molecule has 1 atom stereocenters. The van der Waals surface area contributed by atoms with E-state index in [0.29, 0.717) is 0 Å². The topological polar surface area (TPSA) is 26.0 Å². The van der Waals surface area contributed by atoms with Gasteiger partial charge >= 0.3 is 0 Å². The lowest BCUT2D eigenvalue weighted by molar-refractivity contribution is 0.499. The molecule has 0 aromatic heterocycles. The molecule has 1 aromatic carbocycles. The molecule has 1 nitrogen and oxygen atoms in total. The maximum atomic E-state index is 5.55. The molecule has 0 amide bonds. The van der Waals surface area contributed by atoms with Crippen molar-refractivity contribution in [2.24, 2.45) is 11.7 Å². The van der Waals surface area contributed by atoms with Gasteiger partial charge in [0.25, 0.3) is 0 Å². The van der Waals surface area contributed by atoms with E-state index in [4.69, 9.17) is 5.73 Å². The van der Waals surface area contributed by atoms with E-state index in [0.717, 1.165) is 18.9 Å². The highest BCUT2D eigenvalue weighted by Gasteiger charge is 2.03. The van der Waals surface area contributed by atoms with Crippen LogP contribution >= 0.6 is 0 Å². The summed E-state index contributed by atoms with van der Waals surface area (Å²) in [7, 11) is 0. The average Bonchev–Trinajstić information content (AvgIpc) is 2.17. The highest BCUT2D eigenvalue weighted by Crippen LogP contribution is 2.16. The number of hydrogen-bond acceptors (Lipinski definition) is 1. The fourth-order valence-electron chi connectivity index (χ4n) is 1.96. The van der Waals surface area contributed by atoms with E-state index in [1.807, 2.05) is 0 Å². The van der Waals surface area contributed by atoms with Crippen LogP contribution in [-0.2, 0) is 6.42 Å². The summed E-state index contributed by atoms with van der Waals surface area (Å²) in [6.45, 7) is 7.45. The van der Waals surface area contributed by atoms with Gasteiger partial charge in [-0.05, 0) is 56.7 Å². The van der Waals surface area contributed by atoms with Crippen LogP contribution in [-0.4, -0.2) is 6.54 Å². The van der Waals surface area contributed by atoms with Crippen molar-refractivity contribution >= 4 is 0 Å². The molecule has 0 fully saturated rings. The van der Waals surface area contributed by atoms with Crippen molar-refractivity contribution in [2.75, 3.05) is 6.54 Å². The quantitative estimate of drug-likeness (QED) is 0.784. The van der Waals surface area contributed by atoms with E-state index in [1.165, 1.54) is 29.5 Å². The number of aryl methyl sites for hydroxylation is 3. The molecule has 15 heavy (non-hydrogen) atoms. The summed E-state index contributed by atoms with van der Waals surface area (Å²) in [4.78, 5) is 0. The van der Waals surface area contributed by atoms with Crippen molar-refractivity contribution in [1.82, 2.24) is 0 Å². The molecule has 0 saturated heterocycles. The molecule has 0 saturated carbocycles. The Morgan fingerprint density at radius 1 is 1.20 bits per heavy atom. The summed E-state index contributed by atoms with van der Waals surface area (Å²) in [5.74, 6) is 0.746. The molecule has 0 radical (unpaired) electrons. The Balaban J connectivity index is 2.50. The number of hydrogen-bond donors (Lipinski definition) is 1. The third kappa shape index (κ3) is 4.05. The van der Waals surface area contributed by atoms with E-state index in [1.54, 1.807) is 0 Å². The van der Waals surface area contributed by atoms with Crippen LogP contribution in [0.25, 0.3) is 0 Å². The second-order valence-corrected chi connectivity index (χ2v) is 4.65. The Labute approximate surface area is 93.7 Å². The SMILES string of the molecule is Cc1ccc(CCC(C)CCN)c(C)c1. The number of rotatable bonds is 5. The van der Waals surface area contributed by atoms with Crippen molar-refractivity contribution in [2.45, 2.75) is 40.0 Å². The van der Waals surface area contributed by atoms with Gasteiger partial charge in [-0.1, -0.05) is 30.7 Å². The molecule has 0 bridgehead atoms. The molecule has 1 rings (SSSR count). The molecule has 1 aromatic rings. The molecule has 0 heterocycles. The summed E-state index contributed by atoms with van der Waals surface area (Å²) in [6, 6.07) is 6.73. The number of benzene rings is 1. The molecule has 1 heteroatoms. The second kappa shape index (κ2) is 5.92. The summed E-state index contributed by atoms with van der Waals surface area (Å²) in [5, 5.41) is 0. The van der Waals surface area contributed by atoms with Gasteiger partial charge in [-0.15, -0.1) is 0 Å². The zero-order valence-corrected chi connectivity index (χ0v) is 10.2. The normalized spacial score (nSPS) is 12.8. The van der Waals surface area contributed by atoms with Crippen molar-refractivity contribution in [1.29, 1.82) is 0 Å². The van der Waals surface area contributed by atoms with Gasteiger partial charge in [-0.2, -0.15) is 0 Å². The molecule has 2 N–H and O–H groups in total. The van der Waals surface area contributed by atoms with Crippen LogP contribution in [0.15, 0.2) is 18.2 Å². The van der Waals surface area contributed by atoms with Crippen LogP contribution < -0.4 is 5.73 Å². The Bertz CT molecular complexity index is 304. The predicted octanol–water partition coefficient (Wildman–Crippen LogP) is 3.22. The van der Waals surface area contributed by atoms with E-state index in [2.05, 4.69) is 39.0 Å². The van der Waals surface area contributed by atoms with Crippen LogP contribution in [0.1, 0.15) is 36.5 Å². The minimum Gasteiger partial charge on any atom is -0.330 e. The average molecular weight is 205 g/mol. The lowest BCUT2D eigenvalue weighted by Crippen LogP contribution is -2.06. The largest absolute Gasteiger partial charge is 0.330 e. The molecule has 84 valence electrons. The highest BCUT2D eigenvalue weighted by atomic mass is 14.5. The van der Waals surface area contributed by atoms with Crippen LogP contribution in [0.2, 0.25) is 0 Å². The van der Waals surface area contributed by atoms with E-state index in [9.17, 15) is 0 Å². The number of nitrogens with two attached hydrogens (primary N) is 1. The molecule has 0 aliphatic heterocycles. The summed E-state index contributed by atoms with van der Waals surface area (Å²) in [6.07, 6.45) is 3.58. The third-order valence-corrected chi connectivity index (χ3v) is 3.06. The van der Waals surface area contributed by atoms with E-state index >= 15 is 0 Å². The molecule has 0 aliphatic rings. The lowest BCUT2D eigenvalue weighted by Gasteiger charge is -2.11. The Morgan fingerprint density at radius 3 is 2.53 bits per heavy atom. The molecular weight excluding hydrogens is 182 g/mol. The predicted molar refractivity (Wildman–Crippen MR) is 67.1 cm³/mol. The zero-order valence-electron chi connectivity index (χ0n) is 10.2. The van der Waals surface area contributed by atoms with Gasteiger partial charge in [0, 0.05) is 0 Å². The van der Waals surface area contributed by atoms with Crippen molar-refractivity contribution in [3.8, 4) is 0 Å². The minimum atomic E-state index is 0.746. The Morgan fingerprint density at radius 2 is 1.93 bits per heavy atom. The minimum absolute atomic E-state index is 0.746. The fourth-order valence-corrected chi connectivity index (χ4v) is 1.96. The van der Waals surface area contributed by atoms with Crippen molar-refractivity contribution < 1.29 is 0 Å². The van der Waals surface area contributed by atoms with Crippen molar-refractivity contribution in [3.63, 3.8) is 0 Å². The van der Waals surface area contributed by atoms with Gasteiger partial charge in [0.2, 0.25) is 0 Å². The molecule has 0 spiro atoms. The standard InChI is InChI=1S/C14H23N/c1-11(8-9-15)4-6-14-7-5-12(2)10-13(14)3/h5,7,10-11H,4,6,8-9,15H2,1-3H3. The first kappa shape index (κ1) is 12.3. The first-order chi connectivity index (χ1) is 7.13. The zero-order chi connectivity index (χ0) is 11.3. The van der Waals surface area contributed by atoms with Gasteiger partial charge in [-0.3, -0.25) is 0 Å². The van der Waals surface area contributed by atoms with Crippen LogP contribution in [0, 0.1) is 19.8 Å². The van der Waals surface area contributed by atoms with E-state index in [-0.39, 0.29) is 0 Å². The summed E-state index contributed by atoms with van der Waals surface area (Å²) < 4.78 is 0. The molecule has 1 unspecified atom stereocenters. The van der Waals surface area contributed by atoms with Gasteiger partial charge in [-0.25, -0.2) is 0 Å². The lowest BCUT2D eigenvalue weighted by atomic mass is 9.95. The third-order valence-electron chi connectivity index (χ3n) is 3.06. The smallest absolute Gasteiger partial charge is 0.00747 e. The van der Waals surface area contributed by atoms with Crippen LogP contribution in [0.3, 0.4) is 0 Å². The fraction of sp³-hybridized carbons (Fsp3) is 0.571. The van der Waals surface area contributed by atoms with Gasteiger partial charge < -0.3 is 5.73 Å². The van der Waals surface area contributed by atoms with Gasteiger partial charge in [0.15, 0.2) is 0 Å². The Kier molecular flexibility index (Phi) is 4.83. The van der Waals surface area contributed by atoms with Crippen LogP contribution in [0.4, 0.5) is 0 Å². The maximum Gasteiger partial charge on any atom is -0.00747 e. The van der Waals surface area contributed by atoms with Gasteiger partial charge in [0.05, 0.1) is 0 Å². The van der Waals surface area contributed by atoms with Gasteiger partial charge in [0.1, 0.15) is 0 Å². The molecule has 0 aliphatic carbocycles. The van der Waals surface area contributed by atoms with Crippen molar-refractivity contribution in [3.05, 3.63) is 34.9 Å². The highest BCUT2D eigenvalue weighted by molar-refractivity contribution is 5.30. The maximum absolute atomic E-state index is 5.55. The first-order valence-corrected chi connectivity index (χ1v) is 5.89. The Hall–Kier alpha value is -0.820. The summed E-state index contributed by atoms with van der Waals surface area (Å²) >= 11 is 0. The monoisotopic (exact) mass is 205 g/mol.